The predicted molar refractivity (Wildman–Crippen MR) is 115 cm³/mol. The summed E-state index contributed by atoms with van der Waals surface area (Å²) >= 11 is 7.16. The lowest BCUT2D eigenvalue weighted by Crippen LogP contribution is -2.33. The third kappa shape index (κ3) is 5.80. The van der Waals surface area contributed by atoms with Crippen LogP contribution in [0.4, 0.5) is 10.1 Å². The molecule has 2 N–H and O–H groups in total. The normalized spacial score (nSPS) is 10.6. The van der Waals surface area contributed by atoms with E-state index in [9.17, 15) is 14.0 Å². The van der Waals surface area contributed by atoms with Gasteiger partial charge in [0.15, 0.2) is 11.0 Å². The van der Waals surface area contributed by atoms with E-state index in [1.54, 1.807) is 12.1 Å². The average molecular weight is 448 g/mol. The first kappa shape index (κ1) is 21.8. The second-order valence-corrected chi connectivity index (χ2v) is 7.56. The molecular formula is C20H19ClFN5O2S. The van der Waals surface area contributed by atoms with Crippen molar-refractivity contribution in [3.05, 3.63) is 59.4 Å². The van der Waals surface area contributed by atoms with Crippen molar-refractivity contribution in [2.75, 3.05) is 17.6 Å². The minimum atomic E-state index is -0.401. The zero-order chi connectivity index (χ0) is 21.5. The number of nitrogens with zero attached hydrogens (tertiary/aromatic N) is 3. The van der Waals surface area contributed by atoms with Gasteiger partial charge in [0.2, 0.25) is 11.8 Å². The number of amides is 2. The molecule has 30 heavy (non-hydrogen) atoms. The highest BCUT2D eigenvalue weighted by Crippen LogP contribution is 2.25. The number of carbonyl (C=O) groups is 2. The number of hydrogen-bond acceptors (Lipinski definition) is 5. The number of nitrogens with one attached hydrogen (secondary N) is 2. The summed E-state index contributed by atoms with van der Waals surface area (Å²) in [6, 6.07) is 12.7. The Balaban J connectivity index is 1.51. The van der Waals surface area contributed by atoms with Gasteiger partial charge in [-0.15, -0.1) is 10.2 Å². The van der Waals surface area contributed by atoms with Gasteiger partial charge in [-0.3, -0.25) is 9.59 Å². The molecule has 0 saturated heterocycles. The third-order valence-electron chi connectivity index (χ3n) is 4.04. The Kier molecular flexibility index (Phi) is 7.42. The molecule has 0 radical (unpaired) electrons. The minimum Gasteiger partial charge on any atom is -0.346 e. The molecule has 0 aliphatic carbocycles. The second-order valence-electron chi connectivity index (χ2n) is 6.18. The molecule has 0 saturated carbocycles. The van der Waals surface area contributed by atoms with Crippen molar-refractivity contribution in [3.63, 3.8) is 0 Å². The van der Waals surface area contributed by atoms with E-state index >= 15 is 0 Å². The molecular weight excluding hydrogens is 429 g/mol. The van der Waals surface area contributed by atoms with Gasteiger partial charge in [-0.1, -0.05) is 23.4 Å². The fourth-order valence-electron chi connectivity index (χ4n) is 2.59. The first-order valence-electron chi connectivity index (χ1n) is 9.10. The van der Waals surface area contributed by atoms with Crippen molar-refractivity contribution in [1.29, 1.82) is 0 Å². The van der Waals surface area contributed by atoms with Gasteiger partial charge in [0.1, 0.15) is 5.82 Å². The largest absolute Gasteiger partial charge is 0.346 e. The molecule has 3 aromatic rings. The van der Waals surface area contributed by atoms with Gasteiger partial charge in [0, 0.05) is 22.8 Å². The van der Waals surface area contributed by atoms with Gasteiger partial charge in [-0.05, 0) is 55.5 Å². The fourth-order valence-corrected chi connectivity index (χ4v) is 3.55. The molecule has 0 aliphatic rings. The number of benzene rings is 2. The quantitative estimate of drug-likeness (QED) is 0.515. The Morgan fingerprint density at radius 2 is 1.77 bits per heavy atom. The summed E-state index contributed by atoms with van der Waals surface area (Å²) in [6.45, 7) is 2.41. The zero-order valence-corrected chi connectivity index (χ0v) is 17.6. The van der Waals surface area contributed by atoms with Gasteiger partial charge in [0.25, 0.3) is 0 Å². The summed E-state index contributed by atoms with van der Waals surface area (Å²) in [5.41, 5.74) is 1.33. The van der Waals surface area contributed by atoms with Crippen LogP contribution in [0.1, 0.15) is 6.92 Å². The second kappa shape index (κ2) is 10.2. The number of hydrogen-bond donors (Lipinski definition) is 2. The lowest BCUT2D eigenvalue weighted by Gasteiger charge is -2.08. The number of anilines is 1. The van der Waals surface area contributed by atoms with Crippen LogP contribution >= 0.6 is 23.4 Å². The maximum atomic E-state index is 12.9. The Morgan fingerprint density at radius 1 is 1.07 bits per heavy atom. The van der Waals surface area contributed by atoms with Crippen LogP contribution < -0.4 is 10.6 Å². The summed E-state index contributed by atoms with van der Waals surface area (Å²) in [5, 5.41) is 14.8. The first-order chi connectivity index (χ1) is 14.5. The van der Waals surface area contributed by atoms with Gasteiger partial charge < -0.3 is 15.2 Å². The first-order valence-corrected chi connectivity index (χ1v) is 10.5. The molecule has 0 fully saturated rings. The van der Waals surface area contributed by atoms with Crippen molar-refractivity contribution >= 4 is 40.9 Å². The van der Waals surface area contributed by atoms with Crippen LogP contribution in [0, 0.1) is 5.82 Å². The van der Waals surface area contributed by atoms with Crippen LogP contribution in [0.3, 0.4) is 0 Å². The highest BCUT2D eigenvalue weighted by atomic mass is 35.5. The van der Waals surface area contributed by atoms with Crippen LogP contribution in [0.5, 0.6) is 0 Å². The van der Waals surface area contributed by atoms with Gasteiger partial charge in [0.05, 0.1) is 12.3 Å². The van der Waals surface area contributed by atoms with Crippen molar-refractivity contribution in [2.24, 2.45) is 0 Å². The SMILES string of the molecule is CCn1c(SCC(=O)NCC(=O)Nc2ccc(F)cc2)nnc1-c1ccc(Cl)cc1. The molecule has 156 valence electrons. The summed E-state index contributed by atoms with van der Waals surface area (Å²) in [6.07, 6.45) is 0. The van der Waals surface area contributed by atoms with Crippen molar-refractivity contribution < 1.29 is 14.0 Å². The average Bonchev–Trinajstić information content (AvgIpc) is 3.16. The Bertz CT molecular complexity index is 1020. The Labute approximate surface area is 182 Å². The molecule has 2 amide bonds. The molecule has 0 atom stereocenters. The Morgan fingerprint density at radius 3 is 2.43 bits per heavy atom. The standard InChI is InChI=1S/C20H19ClFN5O2S/c1-2-27-19(13-3-5-14(21)6-4-13)25-26-20(27)30-12-18(29)23-11-17(28)24-16-9-7-15(22)8-10-16/h3-10H,2,11-12H2,1H3,(H,23,29)(H,24,28). The molecule has 0 spiro atoms. The van der Waals surface area contributed by atoms with Crippen molar-refractivity contribution in [1.82, 2.24) is 20.1 Å². The Hall–Kier alpha value is -2.91. The van der Waals surface area contributed by atoms with Crippen LogP contribution in [0.15, 0.2) is 53.7 Å². The van der Waals surface area contributed by atoms with E-state index in [1.807, 2.05) is 23.6 Å². The molecule has 1 heterocycles. The maximum absolute atomic E-state index is 12.9. The molecule has 0 bridgehead atoms. The van der Waals surface area contributed by atoms with E-state index in [0.29, 0.717) is 28.2 Å². The smallest absolute Gasteiger partial charge is 0.243 e. The molecule has 3 rings (SSSR count). The highest BCUT2D eigenvalue weighted by molar-refractivity contribution is 7.99. The summed E-state index contributed by atoms with van der Waals surface area (Å²) in [7, 11) is 0. The van der Waals surface area contributed by atoms with Crippen molar-refractivity contribution in [3.8, 4) is 11.4 Å². The van der Waals surface area contributed by atoms with E-state index in [4.69, 9.17) is 11.6 Å². The summed E-state index contributed by atoms with van der Waals surface area (Å²) in [4.78, 5) is 24.0. The molecule has 0 aliphatic heterocycles. The molecule has 7 nitrogen and oxygen atoms in total. The van der Waals surface area contributed by atoms with Crippen LogP contribution in [0.25, 0.3) is 11.4 Å². The van der Waals surface area contributed by atoms with E-state index in [2.05, 4.69) is 20.8 Å². The monoisotopic (exact) mass is 447 g/mol. The van der Waals surface area contributed by atoms with Crippen LogP contribution in [-0.2, 0) is 16.1 Å². The number of thioether (sulfide) groups is 1. The van der Waals surface area contributed by atoms with Crippen molar-refractivity contribution in [2.45, 2.75) is 18.6 Å². The van der Waals surface area contributed by atoms with Gasteiger partial charge >= 0.3 is 0 Å². The van der Waals surface area contributed by atoms with Gasteiger partial charge in [-0.25, -0.2) is 4.39 Å². The van der Waals surface area contributed by atoms with E-state index < -0.39 is 11.7 Å². The topological polar surface area (TPSA) is 88.9 Å². The molecule has 2 aromatic carbocycles. The lowest BCUT2D eigenvalue weighted by atomic mass is 10.2. The minimum absolute atomic E-state index is 0.0859. The summed E-state index contributed by atoms with van der Waals surface area (Å²) < 4.78 is 14.8. The van der Waals surface area contributed by atoms with E-state index in [1.165, 1.54) is 36.0 Å². The zero-order valence-electron chi connectivity index (χ0n) is 16.1. The lowest BCUT2D eigenvalue weighted by molar-refractivity contribution is -0.122. The number of rotatable bonds is 8. The van der Waals surface area contributed by atoms with Gasteiger partial charge in [-0.2, -0.15) is 0 Å². The van der Waals surface area contributed by atoms with Crippen LogP contribution in [0.2, 0.25) is 5.02 Å². The molecule has 1 aromatic heterocycles. The van der Waals surface area contributed by atoms with E-state index in [0.717, 1.165) is 5.56 Å². The number of carbonyl (C=O) groups excluding carboxylic acids is 2. The van der Waals surface area contributed by atoms with E-state index in [-0.39, 0.29) is 18.2 Å². The fraction of sp³-hybridized carbons (Fsp3) is 0.200. The molecule has 10 heteroatoms. The highest BCUT2D eigenvalue weighted by Gasteiger charge is 2.15. The van der Waals surface area contributed by atoms with Crippen LogP contribution in [-0.4, -0.2) is 38.9 Å². The summed E-state index contributed by atoms with van der Waals surface area (Å²) in [5.74, 6) is -0.328. The number of halogens is 2. The predicted octanol–water partition coefficient (Wildman–Crippen LogP) is 3.60. The number of aromatic nitrogens is 3. The maximum Gasteiger partial charge on any atom is 0.243 e. The third-order valence-corrected chi connectivity index (χ3v) is 5.26. The molecule has 0 unspecified atom stereocenters.